The van der Waals surface area contributed by atoms with Gasteiger partial charge in [-0.1, -0.05) is 72.8 Å². The Balaban J connectivity index is 1.36. The molecule has 2 nitrogen and oxygen atoms in total. The van der Waals surface area contributed by atoms with E-state index in [9.17, 15) is 0 Å². The molecule has 1 heterocycles. The Morgan fingerprint density at radius 3 is 2.32 bits per heavy atom. The molecule has 0 saturated carbocycles. The van der Waals surface area contributed by atoms with E-state index in [0.29, 0.717) is 18.6 Å². The maximum absolute atomic E-state index is 6.05. The van der Waals surface area contributed by atoms with Crippen LogP contribution in [0.5, 0.6) is 0 Å². The molecule has 0 aromatic heterocycles. The van der Waals surface area contributed by atoms with Crippen molar-refractivity contribution >= 4 is 6.08 Å². The van der Waals surface area contributed by atoms with Crippen molar-refractivity contribution < 1.29 is 4.74 Å². The van der Waals surface area contributed by atoms with Crippen molar-refractivity contribution in [2.75, 3.05) is 19.7 Å². The van der Waals surface area contributed by atoms with Crippen LogP contribution in [0, 0.1) is 5.92 Å². The van der Waals surface area contributed by atoms with Gasteiger partial charge in [0.25, 0.3) is 0 Å². The monoisotopic (exact) mass is 335 g/mol. The maximum atomic E-state index is 6.05. The van der Waals surface area contributed by atoms with E-state index in [2.05, 4.69) is 78.6 Å². The summed E-state index contributed by atoms with van der Waals surface area (Å²) in [5.41, 5.74) is 2.64. The van der Waals surface area contributed by atoms with Crippen molar-refractivity contribution in [3.05, 3.63) is 77.9 Å². The largest absolute Gasteiger partial charge is 0.374 e. The Bertz CT molecular complexity index is 630. The van der Waals surface area contributed by atoms with Gasteiger partial charge in [0.05, 0.1) is 12.7 Å². The molecule has 0 amide bonds. The highest BCUT2D eigenvalue weighted by molar-refractivity contribution is 5.48. The third-order valence-electron chi connectivity index (χ3n) is 5.11. The minimum atomic E-state index is 0.333. The van der Waals surface area contributed by atoms with E-state index in [1.165, 1.54) is 37.1 Å². The lowest BCUT2D eigenvalue weighted by Gasteiger charge is -2.34. The van der Waals surface area contributed by atoms with Crippen LogP contribution in [0.25, 0.3) is 6.08 Å². The fourth-order valence-electron chi connectivity index (χ4n) is 3.51. The fraction of sp³-hybridized carbons (Fsp3) is 0.391. The van der Waals surface area contributed by atoms with Crippen molar-refractivity contribution in [3.63, 3.8) is 0 Å². The Morgan fingerprint density at radius 2 is 1.64 bits per heavy atom. The number of nitrogens with zero attached hydrogens (tertiary/aromatic N) is 1. The Kier molecular flexibility index (Phi) is 6.84. The molecule has 0 bridgehead atoms. The summed E-state index contributed by atoms with van der Waals surface area (Å²) in [7, 11) is 0. The molecule has 2 heteroatoms. The zero-order valence-corrected chi connectivity index (χ0v) is 15.2. The molecule has 0 aliphatic carbocycles. The van der Waals surface area contributed by atoms with E-state index in [1.54, 1.807) is 0 Å². The van der Waals surface area contributed by atoms with E-state index >= 15 is 0 Å². The molecule has 1 atom stereocenters. The smallest absolute Gasteiger partial charge is 0.0654 e. The first-order chi connectivity index (χ1) is 12.3. The lowest BCUT2D eigenvalue weighted by molar-refractivity contribution is 0.0149. The Labute approximate surface area is 152 Å². The second-order valence-corrected chi connectivity index (χ2v) is 6.95. The molecule has 0 spiro atoms. The molecule has 0 radical (unpaired) electrons. The molecule has 25 heavy (non-hydrogen) atoms. The number of hydrogen-bond acceptors (Lipinski definition) is 2. The van der Waals surface area contributed by atoms with Crippen LogP contribution in [0.3, 0.4) is 0 Å². The first kappa shape index (κ1) is 17.9. The van der Waals surface area contributed by atoms with Crippen LogP contribution in [-0.4, -0.2) is 30.7 Å². The summed E-state index contributed by atoms with van der Waals surface area (Å²) < 4.78 is 6.05. The normalized spacial score (nSPS) is 17.8. The summed E-state index contributed by atoms with van der Waals surface area (Å²) in [6.45, 7) is 6.34. The third-order valence-corrected chi connectivity index (χ3v) is 5.11. The van der Waals surface area contributed by atoms with Crippen LogP contribution in [0.2, 0.25) is 0 Å². The predicted octanol–water partition coefficient (Wildman–Crippen LogP) is 5.02. The first-order valence-corrected chi connectivity index (χ1v) is 9.41. The number of hydrogen-bond donors (Lipinski definition) is 0. The summed E-state index contributed by atoms with van der Waals surface area (Å²) in [4.78, 5) is 2.56. The van der Waals surface area contributed by atoms with Crippen molar-refractivity contribution in [3.8, 4) is 0 Å². The average Bonchev–Trinajstić information content (AvgIpc) is 2.67. The molecule has 2 aromatic rings. The lowest BCUT2D eigenvalue weighted by Crippen LogP contribution is -2.37. The van der Waals surface area contributed by atoms with Gasteiger partial charge in [-0.3, -0.25) is 4.90 Å². The average molecular weight is 335 g/mol. The summed E-state index contributed by atoms with van der Waals surface area (Å²) in [5.74, 6) is 0.678. The summed E-state index contributed by atoms with van der Waals surface area (Å²) in [6, 6.07) is 21.2. The highest BCUT2D eigenvalue weighted by atomic mass is 16.5. The minimum Gasteiger partial charge on any atom is -0.374 e. The lowest BCUT2D eigenvalue weighted by atomic mass is 9.92. The SMILES string of the molecule is CC(OCC=Cc1ccccc1)C1CCN(Cc2ccccc2)CC1. The molecule has 1 saturated heterocycles. The van der Waals surface area contributed by atoms with E-state index < -0.39 is 0 Å². The quantitative estimate of drug-likeness (QED) is 0.704. The van der Waals surface area contributed by atoms with Crippen LogP contribution < -0.4 is 0 Å². The number of benzene rings is 2. The van der Waals surface area contributed by atoms with Crippen molar-refractivity contribution in [1.82, 2.24) is 4.90 Å². The molecule has 3 rings (SSSR count). The van der Waals surface area contributed by atoms with Gasteiger partial charge in [-0.25, -0.2) is 0 Å². The van der Waals surface area contributed by atoms with Gasteiger partial charge in [-0.15, -0.1) is 0 Å². The van der Waals surface area contributed by atoms with Crippen molar-refractivity contribution in [2.45, 2.75) is 32.4 Å². The highest BCUT2D eigenvalue weighted by Crippen LogP contribution is 2.23. The molecular weight excluding hydrogens is 306 g/mol. The zero-order valence-electron chi connectivity index (χ0n) is 15.2. The van der Waals surface area contributed by atoms with Crippen LogP contribution >= 0.6 is 0 Å². The molecule has 0 N–H and O–H groups in total. The fourth-order valence-corrected chi connectivity index (χ4v) is 3.51. The Morgan fingerprint density at radius 1 is 1.00 bits per heavy atom. The van der Waals surface area contributed by atoms with Gasteiger partial charge in [0.2, 0.25) is 0 Å². The number of ether oxygens (including phenoxy) is 1. The molecule has 132 valence electrons. The van der Waals surface area contributed by atoms with Gasteiger partial charge >= 0.3 is 0 Å². The molecule has 1 unspecified atom stereocenters. The second kappa shape index (κ2) is 9.55. The molecule has 2 aromatic carbocycles. The standard InChI is InChI=1S/C23H29NO/c1-20(25-18-8-13-21-9-4-2-5-10-21)23-14-16-24(17-15-23)19-22-11-6-3-7-12-22/h2-13,20,23H,14-19H2,1H3. The number of piperidine rings is 1. The Hall–Kier alpha value is -1.90. The van der Waals surface area contributed by atoms with Gasteiger partial charge in [-0.05, 0) is 49.9 Å². The van der Waals surface area contributed by atoms with Crippen LogP contribution in [0.4, 0.5) is 0 Å². The van der Waals surface area contributed by atoms with Crippen molar-refractivity contribution in [1.29, 1.82) is 0 Å². The van der Waals surface area contributed by atoms with Crippen molar-refractivity contribution in [2.24, 2.45) is 5.92 Å². The van der Waals surface area contributed by atoms with E-state index in [1.807, 2.05) is 6.07 Å². The second-order valence-electron chi connectivity index (χ2n) is 6.95. The molecule has 1 fully saturated rings. The molecule has 1 aliphatic heterocycles. The van der Waals surface area contributed by atoms with Gasteiger partial charge in [0.1, 0.15) is 0 Å². The van der Waals surface area contributed by atoms with E-state index in [4.69, 9.17) is 4.74 Å². The van der Waals surface area contributed by atoms with E-state index in [-0.39, 0.29) is 0 Å². The summed E-state index contributed by atoms with van der Waals surface area (Å²) in [6.07, 6.45) is 7.05. The van der Waals surface area contributed by atoms with Gasteiger partial charge in [-0.2, -0.15) is 0 Å². The highest BCUT2D eigenvalue weighted by Gasteiger charge is 2.24. The van der Waals surface area contributed by atoms with Gasteiger partial charge in [0.15, 0.2) is 0 Å². The number of likely N-dealkylation sites (tertiary alicyclic amines) is 1. The molecular formula is C23H29NO. The van der Waals surface area contributed by atoms with Crippen LogP contribution in [0.1, 0.15) is 30.9 Å². The number of rotatable bonds is 7. The van der Waals surface area contributed by atoms with Gasteiger partial charge in [0, 0.05) is 6.54 Å². The van der Waals surface area contributed by atoms with E-state index in [0.717, 1.165) is 6.54 Å². The molecule has 1 aliphatic rings. The minimum absolute atomic E-state index is 0.333. The van der Waals surface area contributed by atoms with Crippen LogP contribution in [0.15, 0.2) is 66.7 Å². The summed E-state index contributed by atoms with van der Waals surface area (Å²) >= 11 is 0. The van der Waals surface area contributed by atoms with Gasteiger partial charge < -0.3 is 4.74 Å². The zero-order chi connectivity index (χ0) is 17.3. The topological polar surface area (TPSA) is 12.5 Å². The third kappa shape index (κ3) is 5.84. The predicted molar refractivity (Wildman–Crippen MR) is 105 cm³/mol. The first-order valence-electron chi connectivity index (χ1n) is 9.41. The maximum Gasteiger partial charge on any atom is 0.0654 e. The van der Waals surface area contributed by atoms with Crippen LogP contribution in [-0.2, 0) is 11.3 Å². The summed E-state index contributed by atoms with van der Waals surface area (Å²) in [5, 5.41) is 0.